The summed E-state index contributed by atoms with van der Waals surface area (Å²) in [5.41, 5.74) is -0.384. The van der Waals surface area contributed by atoms with Crippen LogP contribution in [0.3, 0.4) is 0 Å². The van der Waals surface area contributed by atoms with E-state index >= 15 is 0 Å². The molecule has 12 heteroatoms. The molecule has 0 radical (unpaired) electrons. The number of aryl methyl sites for hydroxylation is 1. The first-order chi connectivity index (χ1) is 16.1. The van der Waals surface area contributed by atoms with Gasteiger partial charge in [-0.15, -0.1) is 0 Å². The zero-order chi connectivity index (χ0) is 24.6. The van der Waals surface area contributed by atoms with Gasteiger partial charge in [-0.3, -0.25) is 0 Å². The van der Waals surface area contributed by atoms with E-state index in [4.69, 9.17) is 32.7 Å². The fraction of sp³-hybridized carbons (Fsp3) is 0.136. The summed E-state index contributed by atoms with van der Waals surface area (Å²) in [6.07, 6.45) is -3.96. The number of ether oxygens (including phenoxy) is 2. The molecule has 0 saturated carbocycles. The van der Waals surface area contributed by atoms with Crippen molar-refractivity contribution < 1.29 is 27.0 Å². The summed E-state index contributed by atoms with van der Waals surface area (Å²) in [5.74, 6) is 0.0666. The molecule has 0 aliphatic carbocycles. The Morgan fingerprint density at radius 3 is 2.41 bits per heavy atom. The first kappa shape index (κ1) is 23.8. The Labute approximate surface area is 200 Å². The van der Waals surface area contributed by atoms with Crippen molar-refractivity contribution in [3.05, 3.63) is 70.1 Å². The highest BCUT2D eigenvalue weighted by molar-refractivity contribution is 6.33. The van der Waals surface area contributed by atoms with Gasteiger partial charge in [0.15, 0.2) is 23.1 Å². The number of rotatable bonds is 5. The summed E-state index contributed by atoms with van der Waals surface area (Å²) in [5, 5.41) is 4.10. The summed E-state index contributed by atoms with van der Waals surface area (Å²) in [4.78, 5) is 8.06. The van der Waals surface area contributed by atoms with Crippen LogP contribution in [0.5, 0.6) is 17.4 Å². The molecule has 2 aromatic heterocycles. The molecule has 0 spiro atoms. The summed E-state index contributed by atoms with van der Waals surface area (Å²) in [6, 6.07) is 9.69. The highest BCUT2D eigenvalue weighted by Gasteiger charge is 2.32. The fourth-order valence-corrected chi connectivity index (χ4v) is 3.56. The number of methoxy groups -OCH3 is 1. The van der Waals surface area contributed by atoms with Crippen LogP contribution in [0.2, 0.25) is 10.0 Å². The molecule has 34 heavy (non-hydrogen) atoms. The predicted molar refractivity (Wildman–Crippen MR) is 118 cm³/mol. The van der Waals surface area contributed by atoms with Gasteiger partial charge < -0.3 is 9.47 Å². The SMILES string of the molecule is COc1cc(-c2nc(-c3c(F)cccc3Cl)nn2C)ccc1Oc1ncc(C(F)(F)F)cc1Cl. The Balaban J connectivity index is 1.67. The number of nitrogens with zero attached hydrogens (tertiary/aromatic N) is 4. The Morgan fingerprint density at radius 2 is 1.76 bits per heavy atom. The molecule has 0 N–H and O–H groups in total. The molecule has 0 saturated heterocycles. The number of halogens is 6. The third-order valence-corrected chi connectivity index (χ3v) is 5.30. The maximum Gasteiger partial charge on any atom is 0.417 e. The summed E-state index contributed by atoms with van der Waals surface area (Å²) >= 11 is 12.0. The van der Waals surface area contributed by atoms with Crippen molar-refractivity contribution in [1.82, 2.24) is 19.7 Å². The molecule has 0 fully saturated rings. The number of aromatic nitrogens is 4. The van der Waals surface area contributed by atoms with Crippen molar-refractivity contribution in [2.45, 2.75) is 6.18 Å². The average molecular weight is 513 g/mol. The number of pyridine rings is 1. The Kier molecular flexibility index (Phi) is 6.37. The van der Waals surface area contributed by atoms with Gasteiger partial charge in [0.1, 0.15) is 10.8 Å². The molecule has 0 aliphatic heterocycles. The Morgan fingerprint density at radius 1 is 1.00 bits per heavy atom. The second-order valence-corrected chi connectivity index (χ2v) is 7.77. The molecular formula is C22H14Cl2F4N4O2. The number of alkyl halides is 3. The second-order valence-electron chi connectivity index (χ2n) is 6.96. The lowest BCUT2D eigenvalue weighted by Gasteiger charge is -2.13. The highest BCUT2D eigenvalue weighted by Crippen LogP contribution is 2.39. The van der Waals surface area contributed by atoms with Crippen LogP contribution in [0.15, 0.2) is 48.7 Å². The lowest BCUT2D eigenvalue weighted by Crippen LogP contribution is -2.06. The quantitative estimate of drug-likeness (QED) is 0.275. The molecule has 6 nitrogen and oxygen atoms in total. The van der Waals surface area contributed by atoms with Gasteiger partial charge in [0.05, 0.1) is 23.3 Å². The van der Waals surface area contributed by atoms with Crippen LogP contribution >= 0.6 is 23.2 Å². The summed E-state index contributed by atoms with van der Waals surface area (Å²) in [7, 11) is 3.01. The van der Waals surface area contributed by atoms with Crippen LogP contribution in [-0.2, 0) is 13.2 Å². The van der Waals surface area contributed by atoms with E-state index in [2.05, 4.69) is 15.1 Å². The lowest BCUT2D eigenvalue weighted by atomic mass is 10.1. The first-order valence-electron chi connectivity index (χ1n) is 9.53. The Bertz CT molecular complexity index is 1360. The third-order valence-electron chi connectivity index (χ3n) is 4.71. The predicted octanol–water partition coefficient (Wildman–Crippen LogP) is 6.81. The van der Waals surface area contributed by atoms with Crippen LogP contribution in [-0.4, -0.2) is 26.9 Å². The number of hydrogen-bond donors (Lipinski definition) is 0. The minimum absolute atomic E-state index is 0.0703. The smallest absolute Gasteiger partial charge is 0.417 e. The Hall–Kier alpha value is -3.37. The van der Waals surface area contributed by atoms with Gasteiger partial charge in [-0.05, 0) is 36.4 Å². The largest absolute Gasteiger partial charge is 0.493 e. The fourth-order valence-electron chi connectivity index (χ4n) is 3.10. The van der Waals surface area contributed by atoms with Gasteiger partial charge in [-0.1, -0.05) is 29.3 Å². The first-order valence-corrected chi connectivity index (χ1v) is 10.3. The zero-order valence-electron chi connectivity index (χ0n) is 17.5. The van der Waals surface area contributed by atoms with Crippen molar-refractivity contribution in [3.63, 3.8) is 0 Å². The highest BCUT2D eigenvalue weighted by atomic mass is 35.5. The van der Waals surface area contributed by atoms with Gasteiger partial charge in [0.2, 0.25) is 5.88 Å². The van der Waals surface area contributed by atoms with Gasteiger partial charge >= 0.3 is 6.18 Å². The third kappa shape index (κ3) is 4.64. The minimum atomic E-state index is -4.59. The zero-order valence-corrected chi connectivity index (χ0v) is 19.0. The molecule has 176 valence electrons. The van der Waals surface area contributed by atoms with E-state index in [1.165, 1.54) is 36.1 Å². The molecular weight excluding hydrogens is 499 g/mol. The maximum atomic E-state index is 14.3. The van der Waals surface area contributed by atoms with Crippen LogP contribution < -0.4 is 9.47 Å². The van der Waals surface area contributed by atoms with Gasteiger partial charge in [0, 0.05) is 18.8 Å². The standard InChI is InChI=1S/C22H14Cl2F4N4O2/c1-32-20(30-19(31-32)18-13(23)4-3-5-15(18)25)11-6-7-16(17(8-11)33-2)34-21-14(24)9-12(10-29-21)22(26,27)28/h3-10H,1-2H3. The molecule has 0 aliphatic rings. The molecule has 0 bridgehead atoms. The second kappa shape index (κ2) is 9.11. The monoisotopic (exact) mass is 512 g/mol. The van der Waals surface area contributed by atoms with Crippen molar-refractivity contribution in [1.29, 1.82) is 0 Å². The van der Waals surface area contributed by atoms with E-state index in [9.17, 15) is 17.6 Å². The van der Waals surface area contributed by atoms with E-state index in [0.717, 1.165) is 6.07 Å². The van der Waals surface area contributed by atoms with Crippen molar-refractivity contribution in [2.24, 2.45) is 7.05 Å². The van der Waals surface area contributed by atoms with E-state index < -0.39 is 17.6 Å². The van der Waals surface area contributed by atoms with Crippen LogP contribution in [0, 0.1) is 5.82 Å². The number of hydrogen-bond acceptors (Lipinski definition) is 5. The number of benzene rings is 2. The summed E-state index contributed by atoms with van der Waals surface area (Å²) < 4.78 is 65.2. The van der Waals surface area contributed by atoms with Crippen LogP contribution in [0.25, 0.3) is 22.8 Å². The minimum Gasteiger partial charge on any atom is -0.493 e. The average Bonchev–Trinajstić information content (AvgIpc) is 3.15. The van der Waals surface area contributed by atoms with E-state index in [1.807, 2.05) is 0 Å². The topological polar surface area (TPSA) is 62.1 Å². The molecule has 0 atom stereocenters. The molecule has 0 amide bonds. The van der Waals surface area contributed by atoms with Crippen molar-refractivity contribution in [2.75, 3.05) is 7.11 Å². The molecule has 4 rings (SSSR count). The van der Waals surface area contributed by atoms with Crippen LogP contribution in [0.4, 0.5) is 17.6 Å². The van der Waals surface area contributed by atoms with E-state index in [0.29, 0.717) is 17.6 Å². The van der Waals surface area contributed by atoms with Gasteiger partial charge in [0.25, 0.3) is 0 Å². The summed E-state index contributed by atoms with van der Waals surface area (Å²) in [6.45, 7) is 0. The van der Waals surface area contributed by atoms with Gasteiger partial charge in [-0.2, -0.15) is 18.3 Å². The molecule has 4 aromatic rings. The normalized spacial score (nSPS) is 11.5. The molecule has 2 heterocycles. The molecule has 2 aromatic carbocycles. The van der Waals surface area contributed by atoms with E-state index in [1.54, 1.807) is 19.2 Å². The van der Waals surface area contributed by atoms with Crippen LogP contribution in [0.1, 0.15) is 5.56 Å². The van der Waals surface area contributed by atoms with Gasteiger partial charge in [-0.25, -0.2) is 19.0 Å². The lowest BCUT2D eigenvalue weighted by molar-refractivity contribution is -0.137. The maximum absolute atomic E-state index is 14.3. The van der Waals surface area contributed by atoms with Crippen molar-refractivity contribution in [3.8, 4) is 40.2 Å². The molecule has 0 unspecified atom stereocenters. The van der Waals surface area contributed by atoms with E-state index in [-0.39, 0.29) is 38.8 Å². The van der Waals surface area contributed by atoms with Crippen molar-refractivity contribution >= 4 is 23.2 Å².